The fourth-order valence-corrected chi connectivity index (χ4v) is 3.66. The molecule has 1 saturated carbocycles. The summed E-state index contributed by atoms with van der Waals surface area (Å²) in [4.78, 5) is 25.4. The van der Waals surface area contributed by atoms with Crippen molar-refractivity contribution in [1.82, 2.24) is 0 Å². The summed E-state index contributed by atoms with van der Waals surface area (Å²) in [7, 11) is 0. The summed E-state index contributed by atoms with van der Waals surface area (Å²) in [6.45, 7) is 5.53. The lowest BCUT2D eigenvalue weighted by atomic mass is 9.78. The smallest absolute Gasteiger partial charge is 0.235 e. The largest absolute Gasteiger partial charge is 0.326 e. The number of halogens is 1. The van der Waals surface area contributed by atoms with Crippen LogP contribution in [0.1, 0.15) is 52.0 Å². The fourth-order valence-electron chi connectivity index (χ4n) is 3.66. The van der Waals surface area contributed by atoms with Crippen molar-refractivity contribution in [2.45, 2.75) is 51.9 Å². The SMILES string of the molecule is CC(C)(C)C(=O)Nc1cccc(NC(=O)C2(c3cccc(F)c3)CCCC2)c1. The Morgan fingerprint density at radius 3 is 2.14 bits per heavy atom. The van der Waals surface area contributed by atoms with Gasteiger partial charge < -0.3 is 10.6 Å². The summed E-state index contributed by atoms with van der Waals surface area (Å²) < 4.78 is 13.8. The number of nitrogens with one attached hydrogen (secondary N) is 2. The predicted octanol–water partition coefficient (Wildman–Crippen LogP) is 5.26. The van der Waals surface area contributed by atoms with Crippen LogP contribution in [-0.4, -0.2) is 11.8 Å². The first kappa shape index (κ1) is 20.1. The quantitative estimate of drug-likeness (QED) is 0.758. The van der Waals surface area contributed by atoms with Gasteiger partial charge in [-0.3, -0.25) is 9.59 Å². The molecule has 148 valence electrons. The van der Waals surface area contributed by atoms with Gasteiger partial charge in [0.2, 0.25) is 11.8 Å². The van der Waals surface area contributed by atoms with E-state index in [9.17, 15) is 14.0 Å². The molecule has 0 aromatic heterocycles. The molecular weight excluding hydrogens is 355 g/mol. The molecule has 2 aromatic rings. The van der Waals surface area contributed by atoms with Crippen molar-refractivity contribution in [3.63, 3.8) is 0 Å². The lowest BCUT2D eigenvalue weighted by Crippen LogP contribution is -2.38. The van der Waals surface area contributed by atoms with Crippen molar-refractivity contribution >= 4 is 23.2 Å². The van der Waals surface area contributed by atoms with Gasteiger partial charge in [0.1, 0.15) is 5.82 Å². The third-order valence-corrected chi connectivity index (χ3v) is 5.33. The average molecular weight is 382 g/mol. The fraction of sp³-hybridized carbons (Fsp3) is 0.391. The highest BCUT2D eigenvalue weighted by Gasteiger charge is 2.42. The Hall–Kier alpha value is -2.69. The van der Waals surface area contributed by atoms with Crippen LogP contribution >= 0.6 is 0 Å². The van der Waals surface area contributed by atoms with E-state index in [-0.39, 0.29) is 17.6 Å². The van der Waals surface area contributed by atoms with Gasteiger partial charge in [-0.25, -0.2) is 4.39 Å². The summed E-state index contributed by atoms with van der Waals surface area (Å²) in [6.07, 6.45) is 3.27. The van der Waals surface area contributed by atoms with Gasteiger partial charge in [-0.2, -0.15) is 0 Å². The molecule has 0 spiro atoms. The van der Waals surface area contributed by atoms with Crippen LogP contribution in [0, 0.1) is 11.2 Å². The van der Waals surface area contributed by atoms with Gasteiger partial charge in [0, 0.05) is 16.8 Å². The molecule has 0 saturated heterocycles. The van der Waals surface area contributed by atoms with Crippen LogP contribution in [0.5, 0.6) is 0 Å². The van der Waals surface area contributed by atoms with Crippen molar-refractivity contribution in [2.75, 3.05) is 10.6 Å². The number of rotatable bonds is 4. The maximum absolute atomic E-state index is 13.8. The summed E-state index contributed by atoms with van der Waals surface area (Å²) in [5.74, 6) is -0.554. The summed E-state index contributed by atoms with van der Waals surface area (Å²) >= 11 is 0. The van der Waals surface area contributed by atoms with Crippen molar-refractivity contribution in [3.8, 4) is 0 Å². The minimum absolute atomic E-state index is 0.0944. The Balaban J connectivity index is 1.81. The molecule has 4 nitrogen and oxygen atoms in total. The van der Waals surface area contributed by atoms with Gasteiger partial charge in [-0.1, -0.05) is 51.8 Å². The van der Waals surface area contributed by atoms with E-state index in [1.165, 1.54) is 12.1 Å². The molecule has 2 amide bonds. The van der Waals surface area contributed by atoms with Crippen molar-refractivity contribution in [2.24, 2.45) is 5.41 Å². The first-order valence-electron chi connectivity index (χ1n) is 9.70. The Morgan fingerprint density at radius 2 is 1.54 bits per heavy atom. The Labute approximate surface area is 165 Å². The van der Waals surface area contributed by atoms with E-state index in [0.717, 1.165) is 18.4 Å². The number of benzene rings is 2. The number of hydrogen-bond acceptors (Lipinski definition) is 2. The maximum Gasteiger partial charge on any atom is 0.235 e. The Morgan fingerprint density at radius 1 is 0.929 bits per heavy atom. The van der Waals surface area contributed by atoms with Gasteiger partial charge >= 0.3 is 0 Å². The second kappa shape index (κ2) is 7.74. The second-order valence-corrected chi connectivity index (χ2v) is 8.54. The van der Waals surface area contributed by atoms with E-state index in [1.54, 1.807) is 30.3 Å². The Bertz CT molecular complexity index is 880. The summed E-state index contributed by atoms with van der Waals surface area (Å²) in [5.41, 5.74) is 0.736. The predicted molar refractivity (Wildman–Crippen MR) is 110 cm³/mol. The second-order valence-electron chi connectivity index (χ2n) is 8.54. The van der Waals surface area contributed by atoms with Gasteiger partial charge in [0.05, 0.1) is 5.41 Å². The van der Waals surface area contributed by atoms with Crippen LogP contribution in [-0.2, 0) is 15.0 Å². The summed E-state index contributed by atoms with van der Waals surface area (Å²) in [5, 5.41) is 5.86. The number of anilines is 2. The molecular formula is C23H27FN2O2. The molecule has 0 radical (unpaired) electrons. The molecule has 1 fully saturated rings. The molecule has 0 unspecified atom stereocenters. The van der Waals surface area contributed by atoms with Crippen molar-refractivity contribution < 1.29 is 14.0 Å². The van der Waals surface area contributed by atoms with Crippen LogP contribution in [0.25, 0.3) is 0 Å². The van der Waals surface area contributed by atoms with Crippen LogP contribution in [0.3, 0.4) is 0 Å². The highest BCUT2D eigenvalue weighted by Crippen LogP contribution is 2.42. The molecule has 1 aliphatic rings. The standard InChI is InChI=1S/C23H27FN2O2/c1-22(2,3)20(27)25-18-10-7-11-19(15-18)26-21(28)23(12-4-5-13-23)16-8-6-9-17(24)14-16/h6-11,14-15H,4-5,12-13H2,1-3H3,(H,25,27)(H,26,28). The third-order valence-electron chi connectivity index (χ3n) is 5.33. The minimum Gasteiger partial charge on any atom is -0.326 e. The van der Waals surface area contributed by atoms with Gasteiger partial charge in [-0.05, 0) is 48.7 Å². The van der Waals surface area contributed by atoms with Crippen molar-refractivity contribution in [3.05, 3.63) is 59.9 Å². The maximum atomic E-state index is 13.8. The number of carbonyl (C=O) groups excluding carboxylic acids is 2. The molecule has 0 aliphatic heterocycles. The van der Waals surface area contributed by atoms with E-state index in [1.807, 2.05) is 26.8 Å². The molecule has 3 rings (SSSR count). The first-order chi connectivity index (χ1) is 13.2. The van der Waals surface area contributed by atoms with E-state index >= 15 is 0 Å². The molecule has 5 heteroatoms. The number of amides is 2. The van der Waals surface area contributed by atoms with Crippen LogP contribution in [0.15, 0.2) is 48.5 Å². The summed E-state index contributed by atoms with van der Waals surface area (Å²) in [6, 6.07) is 13.5. The van der Waals surface area contributed by atoms with Crippen LogP contribution in [0.4, 0.5) is 15.8 Å². The van der Waals surface area contributed by atoms with E-state index < -0.39 is 10.8 Å². The first-order valence-corrected chi connectivity index (χ1v) is 9.70. The molecule has 0 bridgehead atoms. The van der Waals surface area contributed by atoms with E-state index in [4.69, 9.17) is 0 Å². The Kier molecular flexibility index (Phi) is 5.54. The van der Waals surface area contributed by atoms with Gasteiger partial charge in [0.25, 0.3) is 0 Å². The van der Waals surface area contributed by atoms with Crippen LogP contribution < -0.4 is 10.6 Å². The highest BCUT2D eigenvalue weighted by molar-refractivity contribution is 6.00. The minimum atomic E-state index is -0.716. The van der Waals surface area contributed by atoms with Crippen molar-refractivity contribution in [1.29, 1.82) is 0 Å². The lowest BCUT2D eigenvalue weighted by Gasteiger charge is -2.28. The zero-order chi connectivity index (χ0) is 20.4. The normalized spacial score (nSPS) is 15.9. The number of hydrogen-bond donors (Lipinski definition) is 2. The zero-order valence-corrected chi connectivity index (χ0v) is 16.6. The molecule has 1 aliphatic carbocycles. The average Bonchev–Trinajstić information content (AvgIpc) is 3.12. The van der Waals surface area contributed by atoms with Crippen LogP contribution in [0.2, 0.25) is 0 Å². The topological polar surface area (TPSA) is 58.2 Å². The highest BCUT2D eigenvalue weighted by atomic mass is 19.1. The van der Waals surface area contributed by atoms with Gasteiger partial charge in [-0.15, -0.1) is 0 Å². The van der Waals surface area contributed by atoms with Gasteiger partial charge in [0.15, 0.2) is 0 Å². The third kappa shape index (κ3) is 4.24. The molecule has 0 atom stereocenters. The monoisotopic (exact) mass is 382 g/mol. The zero-order valence-electron chi connectivity index (χ0n) is 16.6. The van der Waals surface area contributed by atoms with E-state index in [2.05, 4.69) is 10.6 Å². The molecule has 0 heterocycles. The molecule has 2 N–H and O–H groups in total. The molecule has 2 aromatic carbocycles. The molecule has 28 heavy (non-hydrogen) atoms. The number of carbonyl (C=O) groups is 2. The van der Waals surface area contributed by atoms with E-state index in [0.29, 0.717) is 24.2 Å². The lowest BCUT2D eigenvalue weighted by molar-refractivity contribution is -0.123.